The fraction of sp³-hybridized carbons (Fsp3) is 0.556. The van der Waals surface area contributed by atoms with E-state index in [1.54, 1.807) is 12.0 Å². The van der Waals surface area contributed by atoms with Crippen molar-refractivity contribution in [1.29, 1.82) is 0 Å². The minimum absolute atomic E-state index is 0.0285. The molecule has 3 aliphatic rings. The first-order valence-corrected chi connectivity index (χ1v) is 16.1. The Labute approximate surface area is 262 Å². The van der Waals surface area contributed by atoms with E-state index in [0.29, 0.717) is 44.3 Å². The number of anilines is 1. The molecule has 238 valence electrons. The lowest BCUT2D eigenvalue weighted by Gasteiger charge is -2.36. The van der Waals surface area contributed by atoms with Crippen molar-refractivity contribution in [2.45, 2.75) is 77.4 Å². The monoisotopic (exact) mass is 603 g/mol. The number of amides is 1. The number of fused-ring (bicyclic) bond motifs is 5. The van der Waals surface area contributed by atoms with Crippen molar-refractivity contribution in [2.24, 2.45) is 11.7 Å². The fourth-order valence-electron chi connectivity index (χ4n) is 7.25. The van der Waals surface area contributed by atoms with Crippen LogP contribution in [0.5, 0.6) is 5.75 Å². The summed E-state index contributed by atoms with van der Waals surface area (Å²) in [6.45, 7) is 9.95. The molecular formula is C36H49N3O5. The van der Waals surface area contributed by atoms with Crippen LogP contribution in [0.1, 0.15) is 98.8 Å². The predicted octanol–water partition coefficient (Wildman–Crippen LogP) is 6.10. The summed E-state index contributed by atoms with van der Waals surface area (Å²) in [5, 5.41) is 0. The zero-order valence-electron chi connectivity index (χ0n) is 27.3. The fourth-order valence-corrected chi connectivity index (χ4v) is 7.25. The Kier molecular flexibility index (Phi) is 9.71. The third-order valence-electron chi connectivity index (χ3n) is 9.37. The molecule has 2 heterocycles. The molecule has 8 heteroatoms. The summed E-state index contributed by atoms with van der Waals surface area (Å²) >= 11 is 0. The molecule has 44 heavy (non-hydrogen) atoms. The molecular weight excluding hydrogens is 554 g/mol. The summed E-state index contributed by atoms with van der Waals surface area (Å²) in [4.78, 5) is 31.5. The van der Waals surface area contributed by atoms with Crippen LogP contribution in [0, 0.1) is 5.92 Å². The lowest BCUT2D eigenvalue weighted by molar-refractivity contribution is -0.126. The number of hydrogen-bond donors (Lipinski definition) is 1. The maximum atomic E-state index is 14.2. The molecule has 0 bridgehead atoms. The first-order chi connectivity index (χ1) is 21.0. The van der Waals surface area contributed by atoms with Gasteiger partial charge in [-0.3, -0.25) is 4.79 Å². The van der Waals surface area contributed by atoms with Gasteiger partial charge in [-0.05, 0) is 93.0 Å². The van der Waals surface area contributed by atoms with Gasteiger partial charge in [0.25, 0.3) is 5.91 Å². The molecule has 2 aromatic carbocycles. The van der Waals surface area contributed by atoms with E-state index in [4.69, 9.17) is 19.9 Å². The van der Waals surface area contributed by atoms with Gasteiger partial charge in [-0.25, -0.2) is 4.79 Å². The summed E-state index contributed by atoms with van der Waals surface area (Å²) in [7, 11) is 3.51. The lowest BCUT2D eigenvalue weighted by Crippen LogP contribution is -2.37. The molecule has 0 saturated heterocycles. The topological polar surface area (TPSA) is 94.3 Å². The molecule has 0 spiro atoms. The van der Waals surface area contributed by atoms with E-state index in [-0.39, 0.29) is 23.8 Å². The highest BCUT2D eigenvalue weighted by molar-refractivity contribution is 6.03. The van der Waals surface area contributed by atoms with Gasteiger partial charge in [-0.1, -0.05) is 31.4 Å². The minimum atomic E-state index is -0.595. The average molecular weight is 604 g/mol. The first-order valence-electron chi connectivity index (χ1n) is 16.1. The van der Waals surface area contributed by atoms with Gasteiger partial charge >= 0.3 is 5.97 Å². The number of nitrogens with zero attached hydrogens (tertiary/aromatic N) is 2. The van der Waals surface area contributed by atoms with Crippen molar-refractivity contribution in [3.05, 3.63) is 64.2 Å². The van der Waals surface area contributed by atoms with E-state index in [1.807, 2.05) is 46.0 Å². The molecule has 1 amide bonds. The molecule has 5 rings (SSSR count). The standard InChI is InChI=1S/C36H49N3O5/c1-23-29-21-26(42-6)13-15-27(29)33-32(24-10-8-7-9-11-24)28-14-12-25(35(41)44-36(2,3)4)20-31(28)39(33)22-30(23)34(40)38(5)17-19-43-18-16-37/h12-15,20-21,24,32-33H,7-11,16-19,22,37H2,1-6H3. The van der Waals surface area contributed by atoms with Gasteiger partial charge in [0.1, 0.15) is 11.4 Å². The number of likely N-dealkylation sites (N-methyl/N-ethyl adjacent to an activating group) is 1. The summed E-state index contributed by atoms with van der Waals surface area (Å²) in [6, 6.07) is 12.4. The molecule has 1 aliphatic carbocycles. The third-order valence-corrected chi connectivity index (χ3v) is 9.37. The molecule has 1 saturated carbocycles. The Bertz CT molecular complexity index is 1400. The van der Waals surface area contributed by atoms with Crippen molar-refractivity contribution >= 4 is 23.1 Å². The van der Waals surface area contributed by atoms with E-state index in [0.717, 1.165) is 28.1 Å². The molecule has 2 atom stereocenters. The van der Waals surface area contributed by atoms with Crippen molar-refractivity contribution in [1.82, 2.24) is 4.90 Å². The van der Waals surface area contributed by atoms with Crippen molar-refractivity contribution < 1.29 is 23.8 Å². The average Bonchev–Trinajstić information content (AvgIpc) is 3.26. The van der Waals surface area contributed by atoms with Crippen LogP contribution in [-0.4, -0.2) is 69.4 Å². The number of ether oxygens (including phenoxy) is 3. The third kappa shape index (κ3) is 6.52. The van der Waals surface area contributed by atoms with Crippen LogP contribution in [0.3, 0.4) is 0 Å². The van der Waals surface area contributed by atoms with E-state index in [9.17, 15) is 9.59 Å². The number of benzene rings is 2. The van der Waals surface area contributed by atoms with Gasteiger partial charge in [-0.2, -0.15) is 0 Å². The van der Waals surface area contributed by atoms with Gasteiger partial charge in [0.2, 0.25) is 0 Å². The molecule has 2 aliphatic heterocycles. The summed E-state index contributed by atoms with van der Waals surface area (Å²) in [6.07, 6.45) is 6.09. The number of carbonyl (C=O) groups excluding carboxylic acids is 2. The number of carbonyl (C=O) groups is 2. The molecule has 2 N–H and O–H groups in total. The number of allylic oxidation sites excluding steroid dienone is 1. The second-order valence-corrected chi connectivity index (χ2v) is 13.5. The van der Waals surface area contributed by atoms with Crippen LogP contribution < -0.4 is 15.4 Å². The van der Waals surface area contributed by atoms with E-state index >= 15 is 0 Å². The number of rotatable bonds is 9. The zero-order valence-corrected chi connectivity index (χ0v) is 27.3. The SMILES string of the molecule is COc1ccc2c(c1)C(C)=C(C(=O)N(C)CCOCCN)CN1c3cc(C(=O)OC(C)(C)C)ccc3C(C3CCCCC3)C21. The van der Waals surface area contributed by atoms with Crippen molar-refractivity contribution in [3.8, 4) is 5.75 Å². The van der Waals surface area contributed by atoms with Gasteiger partial charge in [0.15, 0.2) is 0 Å². The van der Waals surface area contributed by atoms with E-state index in [1.165, 1.54) is 43.2 Å². The first kappa shape index (κ1) is 32.0. The van der Waals surface area contributed by atoms with E-state index < -0.39 is 5.60 Å². The number of hydrogen-bond acceptors (Lipinski definition) is 7. The molecule has 2 unspecified atom stereocenters. The maximum Gasteiger partial charge on any atom is 0.338 e. The number of nitrogens with two attached hydrogens (primary N) is 1. The van der Waals surface area contributed by atoms with Crippen molar-refractivity contribution in [2.75, 3.05) is 51.9 Å². The quantitative estimate of drug-likeness (QED) is 0.274. The highest BCUT2D eigenvalue weighted by Crippen LogP contribution is 2.57. The lowest BCUT2D eigenvalue weighted by atomic mass is 9.72. The normalized spacial score (nSPS) is 20.0. The predicted molar refractivity (Wildman–Crippen MR) is 174 cm³/mol. The highest BCUT2D eigenvalue weighted by Gasteiger charge is 2.47. The van der Waals surface area contributed by atoms with Crippen molar-refractivity contribution in [3.63, 3.8) is 0 Å². The molecule has 2 aromatic rings. The van der Waals surface area contributed by atoms with Crippen LogP contribution in [0.4, 0.5) is 5.69 Å². The molecule has 0 aromatic heterocycles. The second kappa shape index (κ2) is 13.3. The Morgan fingerprint density at radius 3 is 2.43 bits per heavy atom. The largest absolute Gasteiger partial charge is 0.497 e. The van der Waals surface area contributed by atoms with Crippen LogP contribution in [0.15, 0.2) is 42.0 Å². The van der Waals surface area contributed by atoms with Crippen LogP contribution in [0.25, 0.3) is 5.57 Å². The van der Waals surface area contributed by atoms with E-state index in [2.05, 4.69) is 30.0 Å². The second-order valence-electron chi connectivity index (χ2n) is 13.5. The zero-order chi connectivity index (χ0) is 31.6. The summed E-state index contributed by atoms with van der Waals surface area (Å²) in [5.41, 5.74) is 11.7. The summed E-state index contributed by atoms with van der Waals surface area (Å²) in [5.74, 6) is 1.16. The Balaban J connectivity index is 1.63. The molecule has 8 nitrogen and oxygen atoms in total. The van der Waals surface area contributed by atoms with Gasteiger partial charge in [0.05, 0.1) is 31.9 Å². The Hall–Kier alpha value is -3.36. The maximum absolute atomic E-state index is 14.2. The Morgan fingerprint density at radius 2 is 1.75 bits per heavy atom. The smallest absolute Gasteiger partial charge is 0.338 e. The van der Waals surface area contributed by atoms with Gasteiger partial charge in [0, 0.05) is 43.9 Å². The van der Waals surface area contributed by atoms with Crippen LogP contribution >= 0.6 is 0 Å². The minimum Gasteiger partial charge on any atom is -0.497 e. The number of esters is 1. The van der Waals surface area contributed by atoms with Crippen LogP contribution in [-0.2, 0) is 14.3 Å². The van der Waals surface area contributed by atoms with Crippen LogP contribution in [0.2, 0.25) is 0 Å². The Morgan fingerprint density at radius 1 is 1.02 bits per heavy atom. The molecule has 1 fully saturated rings. The molecule has 0 radical (unpaired) electrons. The number of methoxy groups -OCH3 is 1. The highest BCUT2D eigenvalue weighted by atomic mass is 16.6. The van der Waals surface area contributed by atoms with Gasteiger partial charge in [-0.15, -0.1) is 0 Å². The van der Waals surface area contributed by atoms with Gasteiger partial charge < -0.3 is 29.7 Å². The summed E-state index contributed by atoms with van der Waals surface area (Å²) < 4.78 is 17.0.